The van der Waals surface area contributed by atoms with E-state index in [1.807, 2.05) is 0 Å². The average Bonchev–Trinajstić information content (AvgIpc) is 3.09. The molecule has 0 atom stereocenters. The van der Waals surface area contributed by atoms with Gasteiger partial charge in [0, 0.05) is 65.4 Å². The van der Waals surface area contributed by atoms with E-state index < -0.39 is 5.91 Å². The summed E-state index contributed by atoms with van der Waals surface area (Å²) in [6.45, 7) is 1.33. The van der Waals surface area contributed by atoms with E-state index in [0.29, 0.717) is 24.4 Å². The van der Waals surface area contributed by atoms with Crippen LogP contribution in [0.15, 0.2) is 34.6 Å². The Labute approximate surface area is 173 Å². The predicted octanol–water partition coefficient (Wildman–Crippen LogP) is -0.224. The second kappa shape index (κ2) is 8.72. The molecule has 2 aromatic rings. The molecule has 3 rings (SSSR count). The Morgan fingerprint density at radius 2 is 2.00 bits per heavy atom. The van der Waals surface area contributed by atoms with Crippen molar-refractivity contribution in [1.82, 2.24) is 29.7 Å². The Kier molecular flexibility index (Phi) is 6.09. The molecule has 2 aromatic heterocycles. The maximum atomic E-state index is 12.9. The van der Waals surface area contributed by atoms with Crippen molar-refractivity contribution in [3.8, 4) is 0 Å². The smallest absolute Gasteiger partial charge is 0.293 e. The molecule has 0 aliphatic carbocycles. The van der Waals surface area contributed by atoms with Gasteiger partial charge in [0.25, 0.3) is 17.7 Å². The van der Waals surface area contributed by atoms with Gasteiger partial charge in [0.05, 0.1) is 5.57 Å². The van der Waals surface area contributed by atoms with Crippen LogP contribution in [-0.2, 0) is 9.59 Å². The Morgan fingerprint density at radius 3 is 2.57 bits per heavy atom. The number of aliphatic imine (C=N–C) groups is 1. The van der Waals surface area contributed by atoms with Crippen LogP contribution in [0.3, 0.4) is 0 Å². The SMILES string of the molecule is CN=C/C(C(=O)N1CCC1)=C(\NC)C(=O)Nc1ccn2nc(C(=O)N(C)C)nc2c1. The largest absolute Gasteiger partial charge is 0.383 e. The molecule has 0 spiro atoms. The highest BCUT2D eigenvalue weighted by Gasteiger charge is 2.27. The number of hydrogen-bond acceptors (Lipinski definition) is 7. The third-order valence-corrected chi connectivity index (χ3v) is 4.57. The van der Waals surface area contributed by atoms with E-state index in [9.17, 15) is 14.4 Å². The fraction of sp³-hybridized carbons (Fsp3) is 0.368. The summed E-state index contributed by atoms with van der Waals surface area (Å²) in [5, 5.41) is 9.68. The maximum Gasteiger partial charge on any atom is 0.293 e. The number of nitrogens with one attached hydrogen (secondary N) is 2. The Balaban J connectivity index is 1.87. The molecule has 11 nitrogen and oxygen atoms in total. The predicted molar refractivity (Wildman–Crippen MR) is 111 cm³/mol. The molecule has 0 aromatic carbocycles. The topological polar surface area (TPSA) is 124 Å². The fourth-order valence-electron chi connectivity index (χ4n) is 2.86. The zero-order chi connectivity index (χ0) is 21.8. The molecule has 0 radical (unpaired) electrons. The number of amides is 3. The van der Waals surface area contributed by atoms with Crippen LogP contribution in [0.1, 0.15) is 17.0 Å². The minimum atomic E-state index is -0.491. The van der Waals surface area contributed by atoms with Gasteiger partial charge in [-0.2, -0.15) is 0 Å². The van der Waals surface area contributed by atoms with E-state index in [2.05, 4.69) is 25.7 Å². The summed E-state index contributed by atoms with van der Waals surface area (Å²) in [6, 6.07) is 3.22. The van der Waals surface area contributed by atoms with Crippen molar-refractivity contribution in [2.24, 2.45) is 4.99 Å². The average molecular weight is 412 g/mol. The molecule has 0 saturated carbocycles. The first kappa shape index (κ1) is 21.0. The van der Waals surface area contributed by atoms with E-state index in [4.69, 9.17) is 0 Å². The van der Waals surface area contributed by atoms with E-state index in [1.54, 1.807) is 51.4 Å². The number of rotatable bonds is 6. The summed E-state index contributed by atoms with van der Waals surface area (Å²) in [6.07, 6.45) is 3.92. The van der Waals surface area contributed by atoms with Gasteiger partial charge in [-0.15, -0.1) is 5.10 Å². The molecule has 3 heterocycles. The van der Waals surface area contributed by atoms with Crippen molar-refractivity contribution >= 4 is 35.3 Å². The highest BCUT2D eigenvalue weighted by Crippen LogP contribution is 2.16. The summed E-state index contributed by atoms with van der Waals surface area (Å²) in [5.41, 5.74) is 1.16. The van der Waals surface area contributed by atoms with Gasteiger partial charge < -0.3 is 20.4 Å². The minimum absolute atomic E-state index is 0.0564. The molecule has 2 N–H and O–H groups in total. The lowest BCUT2D eigenvalue weighted by molar-refractivity contribution is -0.130. The van der Waals surface area contributed by atoms with Gasteiger partial charge in [-0.1, -0.05) is 0 Å². The molecular formula is C19H24N8O3. The van der Waals surface area contributed by atoms with Crippen LogP contribution < -0.4 is 10.6 Å². The lowest BCUT2D eigenvalue weighted by Gasteiger charge is -2.31. The summed E-state index contributed by atoms with van der Waals surface area (Å²) in [5.74, 6) is -1.00. The van der Waals surface area contributed by atoms with Crippen LogP contribution in [0, 0.1) is 0 Å². The van der Waals surface area contributed by atoms with Crippen molar-refractivity contribution in [2.45, 2.75) is 6.42 Å². The monoisotopic (exact) mass is 412 g/mol. The Morgan fingerprint density at radius 1 is 1.27 bits per heavy atom. The quantitative estimate of drug-likeness (QED) is 0.499. The molecule has 0 unspecified atom stereocenters. The Hall–Kier alpha value is -3.76. The van der Waals surface area contributed by atoms with Gasteiger partial charge in [-0.25, -0.2) is 9.50 Å². The number of likely N-dealkylation sites (N-methyl/N-ethyl adjacent to an activating group) is 1. The zero-order valence-electron chi connectivity index (χ0n) is 17.3. The summed E-state index contributed by atoms with van der Waals surface area (Å²) in [4.78, 5) is 48.7. The number of likely N-dealkylation sites (tertiary alicyclic amines) is 1. The number of anilines is 1. The Bertz CT molecular complexity index is 1050. The van der Waals surface area contributed by atoms with Crippen molar-refractivity contribution in [1.29, 1.82) is 0 Å². The lowest BCUT2D eigenvalue weighted by Crippen LogP contribution is -2.44. The van der Waals surface area contributed by atoms with E-state index in [-0.39, 0.29) is 28.9 Å². The summed E-state index contributed by atoms with van der Waals surface area (Å²) < 4.78 is 1.45. The number of carbonyl (C=O) groups is 3. The van der Waals surface area contributed by atoms with Crippen molar-refractivity contribution in [2.75, 3.05) is 46.6 Å². The number of carbonyl (C=O) groups excluding carboxylic acids is 3. The number of nitrogens with zero attached hydrogens (tertiary/aromatic N) is 6. The zero-order valence-corrected chi connectivity index (χ0v) is 17.3. The molecule has 1 aliphatic heterocycles. The molecule has 1 saturated heterocycles. The van der Waals surface area contributed by atoms with Gasteiger partial charge in [-0.05, 0) is 12.5 Å². The van der Waals surface area contributed by atoms with Crippen LogP contribution >= 0.6 is 0 Å². The number of aromatic nitrogens is 3. The standard InChI is InChI=1S/C19H24N8O3/c1-20-11-13(18(29)26-7-5-8-26)15(21-2)17(28)22-12-6-9-27-14(10-12)23-16(24-27)19(30)25(3)4/h6,9-11,21H,5,7-8H2,1-4H3,(H,22,28)/b15-13+,20-11?. The number of hydrogen-bond donors (Lipinski definition) is 2. The van der Waals surface area contributed by atoms with Crippen molar-refractivity contribution in [3.63, 3.8) is 0 Å². The second-order valence-electron chi connectivity index (χ2n) is 6.88. The summed E-state index contributed by atoms with van der Waals surface area (Å²) in [7, 11) is 6.34. The highest BCUT2D eigenvalue weighted by molar-refractivity contribution is 6.20. The van der Waals surface area contributed by atoms with Crippen LogP contribution in [0.4, 0.5) is 5.69 Å². The van der Waals surface area contributed by atoms with E-state index in [0.717, 1.165) is 6.42 Å². The first-order chi connectivity index (χ1) is 14.3. The molecule has 1 aliphatic rings. The van der Waals surface area contributed by atoms with Gasteiger partial charge in [0.2, 0.25) is 5.82 Å². The van der Waals surface area contributed by atoms with Gasteiger partial charge in [0.1, 0.15) is 5.70 Å². The lowest BCUT2D eigenvalue weighted by atomic mass is 10.1. The molecular weight excluding hydrogens is 388 g/mol. The second-order valence-corrected chi connectivity index (χ2v) is 6.88. The summed E-state index contributed by atoms with van der Waals surface area (Å²) >= 11 is 0. The molecule has 158 valence electrons. The van der Waals surface area contributed by atoms with Gasteiger partial charge >= 0.3 is 0 Å². The van der Waals surface area contributed by atoms with Crippen LogP contribution in [0.5, 0.6) is 0 Å². The first-order valence-electron chi connectivity index (χ1n) is 9.38. The van der Waals surface area contributed by atoms with E-state index in [1.165, 1.54) is 15.6 Å². The van der Waals surface area contributed by atoms with Crippen LogP contribution in [0.2, 0.25) is 0 Å². The van der Waals surface area contributed by atoms with Crippen molar-refractivity contribution in [3.05, 3.63) is 35.4 Å². The van der Waals surface area contributed by atoms with Gasteiger partial charge in [-0.3, -0.25) is 19.4 Å². The number of fused-ring (bicyclic) bond motifs is 1. The van der Waals surface area contributed by atoms with Gasteiger partial charge in [0.15, 0.2) is 5.65 Å². The van der Waals surface area contributed by atoms with Crippen molar-refractivity contribution < 1.29 is 14.4 Å². The van der Waals surface area contributed by atoms with E-state index >= 15 is 0 Å². The normalized spacial score (nSPS) is 14.3. The van der Waals surface area contributed by atoms with Crippen LogP contribution in [0.25, 0.3) is 5.65 Å². The highest BCUT2D eigenvalue weighted by atomic mass is 16.2. The molecule has 11 heteroatoms. The molecule has 3 amide bonds. The molecule has 1 fully saturated rings. The third-order valence-electron chi connectivity index (χ3n) is 4.57. The van der Waals surface area contributed by atoms with Crippen LogP contribution in [-0.4, -0.2) is 89.6 Å². The first-order valence-corrected chi connectivity index (χ1v) is 9.38. The fourth-order valence-corrected chi connectivity index (χ4v) is 2.86. The molecule has 30 heavy (non-hydrogen) atoms. The number of pyridine rings is 1. The molecule has 0 bridgehead atoms. The third kappa shape index (κ3) is 4.14. The maximum absolute atomic E-state index is 12.9. The minimum Gasteiger partial charge on any atom is -0.383 e.